The van der Waals surface area contributed by atoms with Crippen molar-refractivity contribution in [2.75, 3.05) is 7.05 Å². The van der Waals surface area contributed by atoms with E-state index < -0.39 is 0 Å². The van der Waals surface area contributed by atoms with Crippen LogP contribution >= 0.6 is 0 Å². The van der Waals surface area contributed by atoms with Crippen LogP contribution in [0.4, 0.5) is 0 Å². The Kier molecular flexibility index (Phi) is 45.2. The minimum Gasteiger partial charge on any atom is -0.462 e. The Morgan fingerprint density at radius 3 is 0.951 bits per heavy atom. The lowest BCUT2D eigenvalue weighted by Crippen LogP contribution is -2.37. The number of carbonyl (C=O) groups is 3. The van der Waals surface area contributed by atoms with Gasteiger partial charge in [-0.3, -0.25) is 14.4 Å². The second kappa shape index (κ2) is 46.4. The van der Waals surface area contributed by atoms with Gasteiger partial charge < -0.3 is 14.4 Å². The molecule has 3 atom stereocenters. The summed E-state index contributed by atoms with van der Waals surface area (Å²) in [6, 6.07) is 0.336. The van der Waals surface area contributed by atoms with E-state index >= 15 is 0 Å². The van der Waals surface area contributed by atoms with Crippen molar-refractivity contribution in [2.24, 2.45) is 0 Å². The van der Waals surface area contributed by atoms with Crippen molar-refractivity contribution in [3.8, 4) is 0 Å². The third kappa shape index (κ3) is 39.7. The zero-order valence-corrected chi connectivity index (χ0v) is 42.1. The molecule has 0 rings (SSSR count). The smallest absolute Gasteiger partial charge is 0.306 e. The summed E-state index contributed by atoms with van der Waals surface area (Å²) in [5.41, 5.74) is 0. The van der Waals surface area contributed by atoms with Crippen LogP contribution in [0.3, 0.4) is 0 Å². The Morgan fingerprint density at radius 1 is 0.328 bits per heavy atom. The molecule has 6 nitrogen and oxygen atoms in total. The highest BCUT2D eigenvalue weighted by atomic mass is 16.5. The summed E-state index contributed by atoms with van der Waals surface area (Å²) in [4.78, 5) is 40.7. The Morgan fingerprint density at radius 2 is 0.590 bits per heavy atom. The summed E-state index contributed by atoms with van der Waals surface area (Å²) >= 11 is 0. The maximum absolute atomic E-state index is 13.3. The minimum absolute atomic E-state index is 0.00500. The molecule has 3 unspecified atom stereocenters. The van der Waals surface area contributed by atoms with Crippen molar-refractivity contribution in [3.63, 3.8) is 0 Å². The van der Waals surface area contributed by atoms with E-state index in [1.165, 1.54) is 173 Å². The van der Waals surface area contributed by atoms with Crippen LogP contribution in [0, 0.1) is 0 Å². The maximum atomic E-state index is 13.3. The van der Waals surface area contributed by atoms with Gasteiger partial charge in [-0.2, -0.15) is 0 Å². The molecule has 0 bridgehead atoms. The number of esters is 2. The number of unbranched alkanes of at least 4 members (excludes halogenated alkanes) is 27. The molecule has 61 heavy (non-hydrogen) atoms. The second-order valence-corrected chi connectivity index (χ2v) is 19.1. The molecule has 0 aromatic heterocycles. The van der Waals surface area contributed by atoms with E-state index in [1.807, 2.05) is 0 Å². The molecule has 0 saturated heterocycles. The predicted octanol–water partition coefficient (Wildman–Crippen LogP) is 17.5. The van der Waals surface area contributed by atoms with E-state index in [4.69, 9.17) is 9.47 Å². The van der Waals surface area contributed by atoms with Gasteiger partial charge in [0.05, 0.1) is 0 Å². The highest BCUT2D eigenvalue weighted by Crippen LogP contribution is 2.22. The van der Waals surface area contributed by atoms with E-state index in [1.54, 1.807) is 0 Å². The largest absolute Gasteiger partial charge is 0.462 e. The fourth-order valence-electron chi connectivity index (χ4n) is 8.88. The minimum atomic E-state index is 0.00500. The molecular formula is C55H107NO5. The van der Waals surface area contributed by atoms with Crippen LogP contribution in [0.5, 0.6) is 0 Å². The van der Waals surface area contributed by atoms with Gasteiger partial charge in [0, 0.05) is 32.4 Å². The lowest BCUT2D eigenvalue weighted by atomic mass is 9.98. The lowest BCUT2D eigenvalue weighted by molar-refractivity contribution is -0.151. The van der Waals surface area contributed by atoms with Gasteiger partial charge in [-0.25, -0.2) is 0 Å². The van der Waals surface area contributed by atoms with E-state index in [0.717, 1.165) is 83.5 Å². The fourth-order valence-corrected chi connectivity index (χ4v) is 8.88. The SMILES string of the molecule is CCCCCCCCC(=O)N(C)C(CCCCCCCCCC(=O)OC(CCCCCC)CCCCCCC)CCCCCCCCC(=O)OC(CCCC)CCCCCC. The quantitative estimate of drug-likeness (QED) is 0.0450. The molecule has 0 aromatic carbocycles. The van der Waals surface area contributed by atoms with Crippen molar-refractivity contribution in [1.29, 1.82) is 0 Å². The predicted molar refractivity (Wildman–Crippen MR) is 263 cm³/mol. The van der Waals surface area contributed by atoms with Gasteiger partial charge in [0.15, 0.2) is 0 Å². The van der Waals surface area contributed by atoms with Crippen molar-refractivity contribution in [1.82, 2.24) is 4.90 Å². The molecule has 0 radical (unpaired) electrons. The Bertz CT molecular complexity index is 955. The van der Waals surface area contributed by atoms with Crippen LogP contribution in [0.15, 0.2) is 0 Å². The molecule has 0 fully saturated rings. The zero-order chi connectivity index (χ0) is 44.9. The number of rotatable bonds is 48. The molecule has 0 heterocycles. The number of ether oxygens (including phenoxy) is 2. The van der Waals surface area contributed by atoms with E-state index in [9.17, 15) is 14.4 Å². The Labute approximate surface area is 381 Å². The molecule has 0 N–H and O–H groups in total. The summed E-state index contributed by atoms with van der Waals surface area (Å²) in [7, 11) is 2.06. The van der Waals surface area contributed by atoms with Gasteiger partial charge in [-0.15, -0.1) is 0 Å². The van der Waals surface area contributed by atoms with E-state index in [0.29, 0.717) is 31.2 Å². The summed E-state index contributed by atoms with van der Waals surface area (Å²) in [5, 5.41) is 0. The average Bonchev–Trinajstić information content (AvgIpc) is 3.25. The average molecular weight is 862 g/mol. The van der Waals surface area contributed by atoms with Crippen molar-refractivity contribution in [2.45, 2.75) is 329 Å². The Balaban J connectivity index is 4.57. The molecular weight excluding hydrogens is 755 g/mol. The number of hydrogen-bond donors (Lipinski definition) is 0. The summed E-state index contributed by atoms with van der Waals surface area (Å²) < 4.78 is 11.9. The highest BCUT2D eigenvalue weighted by Gasteiger charge is 2.20. The molecule has 0 aliphatic rings. The number of amides is 1. The Hall–Kier alpha value is -1.59. The first kappa shape index (κ1) is 59.4. The van der Waals surface area contributed by atoms with Gasteiger partial charge in [0.25, 0.3) is 0 Å². The fraction of sp³-hybridized carbons (Fsp3) is 0.945. The molecule has 0 aliphatic heterocycles. The highest BCUT2D eigenvalue weighted by molar-refractivity contribution is 5.76. The maximum Gasteiger partial charge on any atom is 0.306 e. The number of hydrogen-bond acceptors (Lipinski definition) is 5. The summed E-state index contributed by atoms with van der Waals surface area (Å²) in [5.74, 6) is 0.357. The van der Waals surface area contributed by atoms with Crippen LogP contribution in [0.25, 0.3) is 0 Å². The second-order valence-electron chi connectivity index (χ2n) is 19.1. The molecule has 0 saturated carbocycles. The van der Waals surface area contributed by atoms with Crippen LogP contribution < -0.4 is 0 Å². The van der Waals surface area contributed by atoms with Gasteiger partial charge in [0.1, 0.15) is 12.2 Å². The first-order valence-corrected chi connectivity index (χ1v) is 27.5. The number of carbonyl (C=O) groups excluding carboxylic acids is 3. The van der Waals surface area contributed by atoms with E-state index in [-0.39, 0.29) is 24.1 Å². The molecule has 0 aromatic rings. The van der Waals surface area contributed by atoms with Gasteiger partial charge in [-0.1, -0.05) is 214 Å². The van der Waals surface area contributed by atoms with Crippen molar-refractivity contribution >= 4 is 17.8 Å². The third-order valence-electron chi connectivity index (χ3n) is 13.1. The summed E-state index contributed by atoms with van der Waals surface area (Å²) in [6.07, 6.45) is 48.9. The van der Waals surface area contributed by atoms with Crippen LogP contribution in [-0.4, -0.2) is 48.0 Å². The molecule has 6 heteroatoms. The zero-order valence-electron chi connectivity index (χ0n) is 42.1. The van der Waals surface area contributed by atoms with Crippen molar-refractivity contribution in [3.05, 3.63) is 0 Å². The molecule has 0 aliphatic carbocycles. The monoisotopic (exact) mass is 862 g/mol. The van der Waals surface area contributed by atoms with Crippen LogP contribution in [-0.2, 0) is 23.9 Å². The topological polar surface area (TPSA) is 72.9 Å². The first-order chi connectivity index (χ1) is 29.8. The third-order valence-corrected chi connectivity index (χ3v) is 13.1. The first-order valence-electron chi connectivity index (χ1n) is 27.5. The van der Waals surface area contributed by atoms with Crippen LogP contribution in [0.2, 0.25) is 0 Å². The van der Waals surface area contributed by atoms with E-state index in [2.05, 4.69) is 46.6 Å². The van der Waals surface area contributed by atoms with Gasteiger partial charge >= 0.3 is 11.9 Å². The van der Waals surface area contributed by atoms with Crippen molar-refractivity contribution < 1.29 is 23.9 Å². The normalized spacial score (nSPS) is 13.0. The molecule has 362 valence electrons. The van der Waals surface area contributed by atoms with Gasteiger partial charge in [-0.05, 0) is 77.0 Å². The van der Waals surface area contributed by atoms with Crippen LogP contribution in [0.1, 0.15) is 311 Å². The molecule has 1 amide bonds. The molecule has 0 spiro atoms. The number of nitrogens with zero attached hydrogens (tertiary/aromatic N) is 1. The lowest BCUT2D eigenvalue weighted by Gasteiger charge is -2.29. The van der Waals surface area contributed by atoms with Gasteiger partial charge in [0.2, 0.25) is 5.91 Å². The standard InChI is InChI=1S/C55H107NO5/c1-7-12-17-21-30-38-47-53(57)56(6)50(42-34-29-25-26-32-40-48-54(58)60-51(43-16-11-5)44-35-19-14-9-3)41-33-28-23-22-24-31-39-49-55(59)61-52(45-36-20-15-10-4)46-37-27-18-13-8-2/h50-52H,7-49H2,1-6H3. The summed E-state index contributed by atoms with van der Waals surface area (Å²) in [6.45, 7) is 11.2.